The first-order valence-electron chi connectivity index (χ1n) is 9.11. The van der Waals surface area contributed by atoms with Gasteiger partial charge in [0.25, 0.3) is 0 Å². The molecule has 0 radical (unpaired) electrons. The van der Waals surface area contributed by atoms with Gasteiger partial charge in [0.15, 0.2) is 0 Å². The number of carbonyl (C=O) groups excluding carboxylic acids is 1. The number of anilines is 1. The van der Waals surface area contributed by atoms with Crippen LogP contribution in [0.2, 0.25) is 5.02 Å². The second-order valence-electron chi connectivity index (χ2n) is 8.03. The van der Waals surface area contributed by atoms with Crippen LogP contribution in [-0.4, -0.2) is 27.1 Å². The highest BCUT2D eigenvalue weighted by atomic mass is 35.5. The van der Waals surface area contributed by atoms with Crippen LogP contribution in [0.25, 0.3) is 0 Å². The fourth-order valence-corrected chi connectivity index (χ4v) is 3.84. The summed E-state index contributed by atoms with van der Waals surface area (Å²) < 4.78 is 38.6. The van der Waals surface area contributed by atoms with Gasteiger partial charge in [-0.1, -0.05) is 56.6 Å². The Labute approximate surface area is 176 Å². The molecule has 0 aliphatic carbocycles. The van der Waals surface area contributed by atoms with E-state index in [2.05, 4.69) is 26.1 Å². The van der Waals surface area contributed by atoms with E-state index in [4.69, 9.17) is 11.6 Å². The molecule has 2 aromatic rings. The molecule has 0 aliphatic heterocycles. The Morgan fingerprint density at radius 3 is 2.24 bits per heavy atom. The van der Waals surface area contributed by atoms with E-state index < -0.39 is 28.3 Å². The quantitative estimate of drug-likeness (QED) is 0.723. The maximum Gasteiger partial charge on any atom is 0.241 e. The molecule has 0 saturated heterocycles. The molecule has 0 saturated carbocycles. The Morgan fingerprint density at radius 2 is 1.76 bits per heavy atom. The largest absolute Gasteiger partial charge is 0.348 e. The van der Waals surface area contributed by atoms with Crippen LogP contribution in [0.1, 0.15) is 44.9 Å². The van der Waals surface area contributed by atoms with Crippen molar-refractivity contribution in [1.29, 1.82) is 0 Å². The second kappa shape index (κ2) is 8.71. The van der Waals surface area contributed by atoms with E-state index >= 15 is 0 Å². The minimum absolute atomic E-state index is 0.0252. The number of hydrogen-bond donors (Lipinski definition) is 1. The van der Waals surface area contributed by atoms with Crippen molar-refractivity contribution in [1.82, 2.24) is 5.32 Å². The SMILES string of the molecule is C[C@H](NC(=O)CN(c1ccc(F)c(Cl)c1)S(C)(=O)=O)c1ccc(C(C)(C)C)cc1. The maximum absolute atomic E-state index is 13.4. The fraction of sp³-hybridized carbons (Fsp3) is 0.381. The number of rotatable bonds is 6. The predicted octanol–water partition coefficient (Wildman–Crippen LogP) is 4.42. The Balaban J connectivity index is 2.14. The molecule has 1 N–H and O–H groups in total. The van der Waals surface area contributed by atoms with Crippen LogP contribution in [0, 0.1) is 5.82 Å². The average molecular weight is 441 g/mol. The summed E-state index contributed by atoms with van der Waals surface area (Å²) in [6.45, 7) is 7.74. The number of benzene rings is 2. The van der Waals surface area contributed by atoms with Gasteiger partial charge in [-0.15, -0.1) is 0 Å². The topological polar surface area (TPSA) is 66.5 Å². The molecule has 0 aromatic heterocycles. The third-order valence-corrected chi connectivity index (χ3v) is 5.96. The van der Waals surface area contributed by atoms with Crippen molar-refractivity contribution in [2.24, 2.45) is 0 Å². The molecule has 1 amide bonds. The van der Waals surface area contributed by atoms with E-state index in [0.717, 1.165) is 22.2 Å². The van der Waals surface area contributed by atoms with Crippen LogP contribution in [0.3, 0.4) is 0 Å². The van der Waals surface area contributed by atoms with Crippen molar-refractivity contribution in [3.05, 3.63) is 64.4 Å². The van der Waals surface area contributed by atoms with Gasteiger partial charge >= 0.3 is 0 Å². The molecular weight excluding hydrogens is 415 g/mol. The van der Waals surface area contributed by atoms with Crippen LogP contribution in [0.15, 0.2) is 42.5 Å². The van der Waals surface area contributed by atoms with Crippen LogP contribution in [0.5, 0.6) is 0 Å². The molecule has 0 unspecified atom stereocenters. The Morgan fingerprint density at radius 1 is 1.17 bits per heavy atom. The lowest BCUT2D eigenvalue weighted by atomic mass is 9.86. The summed E-state index contributed by atoms with van der Waals surface area (Å²) in [5.41, 5.74) is 2.23. The first kappa shape index (κ1) is 23.2. The third-order valence-electron chi connectivity index (χ3n) is 4.53. The van der Waals surface area contributed by atoms with Crippen LogP contribution < -0.4 is 9.62 Å². The molecule has 0 heterocycles. The van der Waals surface area contributed by atoms with Crippen molar-refractivity contribution in [3.63, 3.8) is 0 Å². The summed E-state index contributed by atoms with van der Waals surface area (Å²) in [4.78, 5) is 12.5. The molecule has 8 heteroatoms. The summed E-state index contributed by atoms with van der Waals surface area (Å²) in [5.74, 6) is -1.15. The minimum atomic E-state index is -3.77. The zero-order chi connectivity index (χ0) is 22.0. The second-order valence-corrected chi connectivity index (χ2v) is 10.3. The molecule has 0 bridgehead atoms. The number of nitrogens with zero attached hydrogens (tertiary/aromatic N) is 1. The van der Waals surface area contributed by atoms with E-state index in [1.54, 1.807) is 0 Å². The molecule has 0 fully saturated rings. The Bertz CT molecular complexity index is 986. The summed E-state index contributed by atoms with van der Waals surface area (Å²) in [5, 5.41) is 2.58. The van der Waals surface area contributed by atoms with Gasteiger partial charge in [-0.25, -0.2) is 12.8 Å². The summed E-state index contributed by atoms with van der Waals surface area (Å²) in [7, 11) is -3.77. The van der Waals surface area contributed by atoms with Gasteiger partial charge in [0.05, 0.1) is 23.0 Å². The van der Waals surface area contributed by atoms with Crippen LogP contribution in [-0.2, 0) is 20.2 Å². The fourth-order valence-electron chi connectivity index (χ4n) is 2.81. The van der Waals surface area contributed by atoms with Crippen molar-refractivity contribution in [2.45, 2.75) is 39.2 Å². The van der Waals surface area contributed by atoms with E-state index in [1.807, 2.05) is 31.2 Å². The van der Waals surface area contributed by atoms with E-state index in [-0.39, 0.29) is 22.2 Å². The van der Waals surface area contributed by atoms with Gasteiger partial charge in [-0.05, 0) is 41.7 Å². The molecule has 2 rings (SSSR count). The Kier molecular flexibility index (Phi) is 6.96. The lowest BCUT2D eigenvalue weighted by molar-refractivity contribution is -0.120. The first-order valence-corrected chi connectivity index (χ1v) is 11.3. The van der Waals surface area contributed by atoms with E-state index in [1.165, 1.54) is 17.7 Å². The normalized spacial score (nSPS) is 13.1. The number of nitrogens with one attached hydrogen (secondary N) is 1. The molecule has 0 aliphatic rings. The van der Waals surface area contributed by atoms with Gasteiger partial charge < -0.3 is 5.32 Å². The molecule has 0 spiro atoms. The number of sulfonamides is 1. The lowest BCUT2D eigenvalue weighted by Gasteiger charge is -2.24. The zero-order valence-electron chi connectivity index (χ0n) is 17.2. The lowest BCUT2D eigenvalue weighted by Crippen LogP contribution is -2.41. The van der Waals surface area contributed by atoms with Crippen molar-refractivity contribution in [2.75, 3.05) is 17.1 Å². The van der Waals surface area contributed by atoms with E-state index in [0.29, 0.717) is 0 Å². The number of carbonyl (C=O) groups is 1. The highest BCUT2D eigenvalue weighted by Crippen LogP contribution is 2.25. The standard InChI is InChI=1S/C21H26ClFN2O3S/c1-14(15-6-8-16(9-7-15)21(2,3)4)24-20(26)13-25(29(5,27)28)17-10-11-19(23)18(22)12-17/h6-12,14H,13H2,1-5H3,(H,24,26)/t14-/m0/s1. The predicted molar refractivity (Wildman–Crippen MR) is 115 cm³/mol. The highest BCUT2D eigenvalue weighted by molar-refractivity contribution is 7.92. The summed E-state index contributed by atoms with van der Waals surface area (Å²) in [6, 6.07) is 11.1. The van der Waals surface area contributed by atoms with Gasteiger partial charge in [0.2, 0.25) is 15.9 Å². The first-order chi connectivity index (χ1) is 13.3. The third kappa shape index (κ3) is 6.18. The summed E-state index contributed by atoms with van der Waals surface area (Å²) in [6.07, 6.45) is 0.978. The van der Waals surface area contributed by atoms with Crippen LogP contribution in [0.4, 0.5) is 10.1 Å². The zero-order valence-corrected chi connectivity index (χ0v) is 18.7. The average Bonchev–Trinajstić information content (AvgIpc) is 2.60. The smallest absolute Gasteiger partial charge is 0.241 e. The van der Waals surface area contributed by atoms with Gasteiger partial charge in [-0.2, -0.15) is 0 Å². The number of hydrogen-bond acceptors (Lipinski definition) is 3. The van der Waals surface area contributed by atoms with E-state index in [9.17, 15) is 17.6 Å². The van der Waals surface area contributed by atoms with Gasteiger partial charge in [-0.3, -0.25) is 9.10 Å². The monoisotopic (exact) mass is 440 g/mol. The van der Waals surface area contributed by atoms with Crippen molar-refractivity contribution < 1.29 is 17.6 Å². The Hall–Kier alpha value is -2.12. The number of amides is 1. The molecule has 29 heavy (non-hydrogen) atoms. The maximum atomic E-state index is 13.4. The van der Waals surface area contributed by atoms with Gasteiger partial charge in [0.1, 0.15) is 12.4 Å². The van der Waals surface area contributed by atoms with Crippen LogP contribution >= 0.6 is 11.6 Å². The number of halogens is 2. The minimum Gasteiger partial charge on any atom is -0.348 e. The molecule has 158 valence electrons. The molecule has 5 nitrogen and oxygen atoms in total. The van der Waals surface area contributed by atoms with Crippen molar-refractivity contribution >= 4 is 33.2 Å². The molecule has 2 aromatic carbocycles. The van der Waals surface area contributed by atoms with Gasteiger partial charge in [0, 0.05) is 0 Å². The molecular formula is C21H26ClFN2O3S. The van der Waals surface area contributed by atoms with Crippen molar-refractivity contribution in [3.8, 4) is 0 Å². The highest BCUT2D eigenvalue weighted by Gasteiger charge is 2.23. The summed E-state index contributed by atoms with van der Waals surface area (Å²) >= 11 is 5.76. The molecule has 1 atom stereocenters.